The van der Waals surface area contributed by atoms with Gasteiger partial charge in [-0.2, -0.15) is 8.78 Å². The molecule has 112 valence electrons. The van der Waals surface area contributed by atoms with Gasteiger partial charge in [-0.3, -0.25) is 4.79 Å². The summed E-state index contributed by atoms with van der Waals surface area (Å²) in [5.74, 6) is 0.102. The number of ketones is 1. The highest BCUT2D eigenvalue weighted by Crippen LogP contribution is 2.23. The highest BCUT2D eigenvalue weighted by atomic mass is 19.3. The van der Waals surface area contributed by atoms with Crippen LogP contribution in [0.1, 0.15) is 32.8 Å². The molecule has 0 amide bonds. The van der Waals surface area contributed by atoms with Crippen LogP contribution in [0.2, 0.25) is 0 Å². The maximum absolute atomic E-state index is 12.2. The summed E-state index contributed by atoms with van der Waals surface area (Å²) in [4.78, 5) is 12.2. The van der Waals surface area contributed by atoms with Crippen LogP contribution in [0.5, 0.6) is 5.75 Å². The van der Waals surface area contributed by atoms with Gasteiger partial charge >= 0.3 is 6.61 Å². The standard InChI is InChI=1S/C15H21F2NO2/c1-4-15(2,3)13(19)12(18)9-10-5-7-11(8-6-10)20-14(16)17/h5-8,12,14H,4,9,18H2,1-3H3. The molecule has 0 aliphatic rings. The van der Waals surface area contributed by atoms with Crippen molar-refractivity contribution in [1.82, 2.24) is 0 Å². The lowest BCUT2D eigenvalue weighted by Gasteiger charge is -2.25. The second-order valence-corrected chi connectivity index (χ2v) is 5.43. The summed E-state index contributed by atoms with van der Waals surface area (Å²) in [5.41, 5.74) is 6.30. The van der Waals surface area contributed by atoms with Gasteiger partial charge in [0, 0.05) is 5.41 Å². The molecular formula is C15H21F2NO2. The van der Waals surface area contributed by atoms with Crippen molar-refractivity contribution < 1.29 is 18.3 Å². The third-order valence-corrected chi connectivity index (χ3v) is 3.49. The predicted octanol–water partition coefficient (Wildman–Crippen LogP) is 3.16. The lowest BCUT2D eigenvalue weighted by Crippen LogP contribution is -2.41. The smallest absolute Gasteiger partial charge is 0.387 e. The average molecular weight is 285 g/mol. The summed E-state index contributed by atoms with van der Waals surface area (Å²) in [6.07, 6.45) is 1.11. The quantitative estimate of drug-likeness (QED) is 0.837. The van der Waals surface area contributed by atoms with E-state index in [0.717, 1.165) is 12.0 Å². The van der Waals surface area contributed by atoms with E-state index in [-0.39, 0.29) is 11.5 Å². The van der Waals surface area contributed by atoms with Crippen LogP contribution >= 0.6 is 0 Å². The molecule has 2 N–H and O–H groups in total. The summed E-state index contributed by atoms with van der Waals surface area (Å²) in [6.45, 7) is 2.85. The molecule has 0 radical (unpaired) electrons. The van der Waals surface area contributed by atoms with E-state index in [1.807, 2.05) is 20.8 Å². The number of hydrogen-bond acceptors (Lipinski definition) is 3. The highest BCUT2D eigenvalue weighted by molar-refractivity contribution is 5.89. The van der Waals surface area contributed by atoms with E-state index in [4.69, 9.17) is 5.73 Å². The Labute approximate surface area is 118 Å². The number of Topliss-reactive ketones (excluding diaryl/α,β-unsaturated/α-hetero) is 1. The molecule has 1 aromatic rings. The number of benzene rings is 1. The fraction of sp³-hybridized carbons (Fsp3) is 0.533. The number of carbonyl (C=O) groups is 1. The van der Waals surface area contributed by atoms with Gasteiger partial charge in [-0.1, -0.05) is 32.9 Å². The average Bonchev–Trinajstić information content (AvgIpc) is 2.39. The minimum Gasteiger partial charge on any atom is -0.435 e. The van der Waals surface area contributed by atoms with E-state index in [0.29, 0.717) is 6.42 Å². The number of hydrogen-bond donors (Lipinski definition) is 1. The molecule has 1 rings (SSSR count). The van der Waals surface area contributed by atoms with Crippen molar-refractivity contribution in [2.24, 2.45) is 11.1 Å². The second-order valence-electron chi connectivity index (χ2n) is 5.43. The van der Waals surface area contributed by atoms with E-state index >= 15 is 0 Å². The third kappa shape index (κ3) is 4.56. The fourth-order valence-corrected chi connectivity index (χ4v) is 1.83. The van der Waals surface area contributed by atoms with Crippen LogP contribution in [-0.4, -0.2) is 18.4 Å². The largest absolute Gasteiger partial charge is 0.435 e. The molecule has 1 aromatic carbocycles. The van der Waals surface area contributed by atoms with E-state index in [1.54, 1.807) is 12.1 Å². The van der Waals surface area contributed by atoms with Crippen molar-refractivity contribution in [1.29, 1.82) is 0 Å². The molecule has 1 unspecified atom stereocenters. The van der Waals surface area contributed by atoms with Gasteiger partial charge in [-0.05, 0) is 30.5 Å². The van der Waals surface area contributed by atoms with E-state index in [9.17, 15) is 13.6 Å². The molecule has 0 saturated heterocycles. The maximum Gasteiger partial charge on any atom is 0.387 e. The SMILES string of the molecule is CCC(C)(C)C(=O)C(N)Cc1ccc(OC(F)F)cc1. The van der Waals surface area contributed by atoms with Crippen molar-refractivity contribution in [2.75, 3.05) is 0 Å². The van der Waals surface area contributed by atoms with Gasteiger partial charge in [0.1, 0.15) is 5.75 Å². The van der Waals surface area contributed by atoms with E-state index < -0.39 is 18.1 Å². The Bertz CT molecular complexity index is 444. The lowest BCUT2D eigenvalue weighted by molar-refractivity contribution is -0.128. The zero-order valence-corrected chi connectivity index (χ0v) is 12.0. The van der Waals surface area contributed by atoms with Crippen molar-refractivity contribution in [3.05, 3.63) is 29.8 Å². The van der Waals surface area contributed by atoms with Crippen molar-refractivity contribution in [3.8, 4) is 5.75 Å². The lowest BCUT2D eigenvalue weighted by atomic mass is 9.80. The van der Waals surface area contributed by atoms with Gasteiger partial charge in [0.25, 0.3) is 0 Å². The molecule has 0 saturated carbocycles. The van der Waals surface area contributed by atoms with Crippen LogP contribution in [0.15, 0.2) is 24.3 Å². The molecule has 20 heavy (non-hydrogen) atoms. The number of rotatable bonds is 7. The Balaban J connectivity index is 2.67. The van der Waals surface area contributed by atoms with Gasteiger partial charge in [0.15, 0.2) is 5.78 Å². The Morgan fingerprint density at radius 1 is 1.30 bits per heavy atom. The van der Waals surface area contributed by atoms with Crippen molar-refractivity contribution >= 4 is 5.78 Å². The van der Waals surface area contributed by atoms with E-state index in [2.05, 4.69) is 4.74 Å². The van der Waals surface area contributed by atoms with Crippen LogP contribution in [0.25, 0.3) is 0 Å². The Morgan fingerprint density at radius 2 is 1.85 bits per heavy atom. The fourth-order valence-electron chi connectivity index (χ4n) is 1.83. The van der Waals surface area contributed by atoms with Crippen molar-refractivity contribution in [2.45, 2.75) is 46.3 Å². The minimum atomic E-state index is -2.84. The zero-order chi connectivity index (χ0) is 15.3. The molecule has 0 spiro atoms. The molecule has 0 fully saturated rings. The first-order chi connectivity index (χ1) is 9.26. The van der Waals surface area contributed by atoms with Crippen LogP contribution < -0.4 is 10.5 Å². The normalized spacial score (nSPS) is 13.3. The molecule has 3 nitrogen and oxygen atoms in total. The maximum atomic E-state index is 12.2. The summed E-state index contributed by atoms with van der Waals surface area (Å²) < 4.78 is 28.3. The first-order valence-corrected chi connectivity index (χ1v) is 6.60. The number of carbonyl (C=O) groups excluding carboxylic acids is 1. The Kier molecular flexibility index (Phi) is 5.62. The zero-order valence-electron chi connectivity index (χ0n) is 12.0. The Hall–Kier alpha value is -1.49. The molecule has 0 aliphatic carbocycles. The second kappa shape index (κ2) is 6.79. The molecule has 1 atom stereocenters. The predicted molar refractivity (Wildman–Crippen MR) is 73.8 cm³/mol. The number of ether oxygens (including phenoxy) is 1. The number of halogens is 2. The minimum absolute atomic E-state index is 0.00732. The van der Waals surface area contributed by atoms with Gasteiger partial charge in [-0.15, -0.1) is 0 Å². The highest BCUT2D eigenvalue weighted by Gasteiger charge is 2.29. The molecular weight excluding hydrogens is 264 g/mol. The summed E-state index contributed by atoms with van der Waals surface area (Å²) in [7, 11) is 0. The van der Waals surface area contributed by atoms with E-state index in [1.165, 1.54) is 12.1 Å². The summed E-state index contributed by atoms with van der Waals surface area (Å²) in [5, 5.41) is 0. The first kappa shape index (κ1) is 16.6. The summed E-state index contributed by atoms with van der Waals surface area (Å²) >= 11 is 0. The summed E-state index contributed by atoms with van der Waals surface area (Å²) in [6, 6.07) is 5.59. The molecule has 5 heteroatoms. The van der Waals surface area contributed by atoms with Gasteiger partial charge in [0.05, 0.1) is 6.04 Å². The van der Waals surface area contributed by atoms with Gasteiger partial charge in [-0.25, -0.2) is 0 Å². The third-order valence-electron chi connectivity index (χ3n) is 3.49. The van der Waals surface area contributed by atoms with Gasteiger partial charge < -0.3 is 10.5 Å². The van der Waals surface area contributed by atoms with Crippen LogP contribution in [0, 0.1) is 5.41 Å². The van der Waals surface area contributed by atoms with Crippen LogP contribution in [0.3, 0.4) is 0 Å². The van der Waals surface area contributed by atoms with Crippen LogP contribution in [-0.2, 0) is 11.2 Å². The molecule has 0 heterocycles. The first-order valence-electron chi connectivity index (χ1n) is 6.60. The number of alkyl halides is 2. The topological polar surface area (TPSA) is 52.3 Å². The molecule has 0 bridgehead atoms. The number of nitrogens with two attached hydrogens (primary N) is 1. The molecule has 0 aromatic heterocycles. The van der Waals surface area contributed by atoms with Gasteiger partial charge in [0.2, 0.25) is 0 Å². The Morgan fingerprint density at radius 3 is 2.30 bits per heavy atom. The van der Waals surface area contributed by atoms with Crippen molar-refractivity contribution in [3.63, 3.8) is 0 Å². The molecule has 0 aliphatic heterocycles. The van der Waals surface area contributed by atoms with Crippen LogP contribution in [0.4, 0.5) is 8.78 Å². The monoisotopic (exact) mass is 285 g/mol.